The van der Waals surface area contributed by atoms with E-state index in [4.69, 9.17) is 19.9 Å². The monoisotopic (exact) mass is 303 g/mol. The molecule has 0 radical (unpaired) electrons. The van der Waals surface area contributed by atoms with E-state index in [0.29, 0.717) is 0 Å². The summed E-state index contributed by atoms with van der Waals surface area (Å²) in [4.78, 5) is 34.8. The molecule has 0 aromatic heterocycles. The molecule has 0 aliphatic carbocycles. The Bertz CT molecular complexity index is 368. The number of nitrogens with two attached hydrogens (primary N) is 1. The SMILES string of the molecule is CCOC(=O)[C@H](CN)C(OC(=O)C(C)C)[C@H](C)OC(C)=O. The van der Waals surface area contributed by atoms with Crippen molar-refractivity contribution in [3.63, 3.8) is 0 Å². The maximum absolute atomic E-state index is 11.9. The molecule has 0 aromatic carbocycles. The van der Waals surface area contributed by atoms with Gasteiger partial charge in [-0.2, -0.15) is 0 Å². The van der Waals surface area contributed by atoms with Crippen LogP contribution in [0.25, 0.3) is 0 Å². The fourth-order valence-corrected chi connectivity index (χ4v) is 1.72. The first-order chi connectivity index (χ1) is 9.74. The number of esters is 3. The summed E-state index contributed by atoms with van der Waals surface area (Å²) < 4.78 is 15.2. The molecule has 0 bridgehead atoms. The number of carbonyl (C=O) groups excluding carboxylic acids is 3. The van der Waals surface area contributed by atoms with E-state index in [9.17, 15) is 14.4 Å². The molecule has 7 nitrogen and oxygen atoms in total. The second kappa shape index (κ2) is 9.33. The van der Waals surface area contributed by atoms with Gasteiger partial charge in [0.2, 0.25) is 0 Å². The molecular formula is C14H25NO6. The Labute approximate surface area is 125 Å². The lowest BCUT2D eigenvalue weighted by molar-refractivity contribution is -0.178. The Morgan fingerprint density at radius 2 is 1.62 bits per heavy atom. The fraction of sp³-hybridized carbons (Fsp3) is 0.786. The molecule has 7 heteroatoms. The predicted molar refractivity (Wildman–Crippen MR) is 75.1 cm³/mol. The van der Waals surface area contributed by atoms with Crippen LogP contribution in [0.1, 0.15) is 34.6 Å². The Hall–Kier alpha value is -1.63. The van der Waals surface area contributed by atoms with E-state index >= 15 is 0 Å². The van der Waals surface area contributed by atoms with Crippen LogP contribution >= 0.6 is 0 Å². The number of ether oxygens (including phenoxy) is 3. The second-order valence-electron chi connectivity index (χ2n) is 4.96. The lowest BCUT2D eigenvalue weighted by atomic mass is 9.98. The quantitative estimate of drug-likeness (QED) is 0.518. The molecule has 3 atom stereocenters. The molecule has 0 heterocycles. The third kappa shape index (κ3) is 6.57. The van der Waals surface area contributed by atoms with Gasteiger partial charge < -0.3 is 19.9 Å². The van der Waals surface area contributed by atoms with E-state index in [-0.39, 0.29) is 19.1 Å². The highest BCUT2D eigenvalue weighted by molar-refractivity contribution is 5.76. The van der Waals surface area contributed by atoms with E-state index in [2.05, 4.69) is 0 Å². The summed E-state index contributed by atoms with van der Waals surface area (Å²) in [5.74, 6) is -2.88. The van der Waals surface area contributed by atoms with E-state index in [1.807, 2.05) is 0 Å². The average Bonchev–Trinajstić information content (AvgIpc) is 2.37. The molecule has 1 unspecified atom stereocenters. The highest BCUT2D eigenvalue weighted by Crippen LogP contribution is 2.18. The maximum Gasteiger partial charge on any atom is 0.314 e. The van der Waals surface area contributed by atoms with Gasteiger partial charge in [0, 0.05) is 13.5 Å². The standard InChI is InChI=1S/C14H25NO6/c1-6-19-14(18)11(7-15)12(9(4)20-10(5)16)21-13(17)8(2)3/h8-9,11-12H,6-7,15H2,1-5H3/t9-,11+,12?/m0/s1. The summed E-state index contributed by atoms with van der Waals surface area (Å²) >= 11 is 0. The molecule has 0 spiro atoms. The molecule has 0 aliphatic rings. The Kier molecular flexibility index (Phi) is 8.61. The Morgan fingerprint density at radius 3 is 2.00 bits per heavy atom. The van der Waals surface area contributed by atoms with Crippen LogP contribution in [0.2, 0.25) is 0 Å². The largest absolute Gasteiger partial charge is 0.466 e. The molecule has 0 rings (SSSR count). The van der Waals surface area contributed by atoms with Crippen LogP contribution < -0.4 is 5.73 Å². The van der Waals surface area contributed by atoms with Crippen molar-refractivity contribution in [2.45, 2.75) is 46.8 Å². The van der Waals surface area contributed by atoms with Crippen LogP contribution in [-0.2, 0) is 28.6 Å². The highest BCUT2D eigenvalue weighted by Gasteiger charge is 2.37. The molecule has 0 saturated carbocycles. The second-order valence-corrected chi connectivity index (χ2v) is 4.96. The number of rotatable bonds is 8. The van der Waals surface area contributed by atoms with E-state index in [1.54, 1.807) is 27.7 Å². The smallest absolute Gasteiger partial charge is 0.314 e. The fourth-order valence-electron chi connectivity index (χ4n) is 1.72. The van der Waals surface area contributed by atoms with Gasteiger partial charge in [0.25, 0.3) is 0 Å². The summed E-state index contributed by atoms with van der Waals surface area (Å²) in [6.07, 6.45) is -1.78. The zero-order valence-corrected chi connectivity index (χ0v) is 13.3. The molecule has 0 aromatic rings. The van der Waals surface area contributed by atoms with Gasteiger partial charge in [0.05, 0.1) is 12.5 Å². The van der Waals surface area contributed by atoms with Crippen molar-refractivity contribution in [3.05, 3.63) is 0 Å². The van der Waals surface area contributed by atoms with Crippen molar-refractivity contribution in [1.29, 1.82) is 0 Å². The minimum absolute atomic E-state index is 0.0829. The molecule has 122 valence electrons. The van der Waals surface area contributed by atoms with Gasteiger partial charge in [-0.3, -0.25) is 14.4 Å². The zero-order valence-electron chi connectivity index (χ0n) is 13.3. The summed E-state index contributed by atoms with van der Waals surface area (Å²) in [5.41, 5.74) is 5.59. The van der Waals surface area contributed by atoms with Crippen LogP contribution in [0.4, 0.5) is 0 Å². The lowest BCUT2D eigenvalue weighted by Gasteiger charge is -2.29. The van der Waals surface area contributed by atoms with Crippen LogP contribution in [0.3, 0.4) is 0 Å². The van der Waals surface area contributed by atoms with Gasteiger partial charge >= 0.3 is 17.9 Å². The lowest BCUT2D eigenvalue weighted by Crippen LogP contribution is -2.46. The minimum atomic E-state index is -0.979. The van der Waals surface area contributed by atoms with Gasteiger partial charge in [-0.15, -0.1) is 0 Å². The molecule has 2 N–H and O–H groups in total. The molecule has 0 fully saturated rings. The maximum atomic E-state index is 11.9. The normalized spacial score (nSPS) is 15.0. The topological polar surface area (TPSA) is 105 Å². The minimum Gasteiger partial charge on any atom is -0.466 e. The first kappa shape index (κ1) is 19.4. The van der Waals surface area contributed by atoms with Crippen molar-refractivity contribution >= 4 is 17.9 Å². The van der Waals surface area contributed by atoms with Crippen molar-refractivity contribution < 1.29 is 28.6 Å². The van der Waals surface area contributed by atoms with Crippen LogP contribution in [0, 0.1) is 11.8 Å². The summed E-state index contributed by atoms with van der Waals surface area (Å²) in [7, 11) is 0. The molecule has 21 heavy (non-hydrogen) atoms. The average molecular weight is 303 g/mol. The molecule has 0 saturated heterocycles. The van der Waals surface area contributed by atoms with Crippen LogP contribution in [0.15, 0.2) is 0 Å². The van der Waals surface area contributed by atoms with E-state index in [0.717, 1.165) is 0 Å². The molecule has 0 aliphatic heterocycles. The summed E-state index contributed by atoms with van der Waals surface area (Å²) in [5, 5.41) is 0. The van der Waals surface area contributed by atoms with E-state index < -0.39 is 36.0 Å². The van der Waals surface area contributed by atoms with Gasteiger partial charge in [0.15, 0.2) is 6.10 Å². The Morgan fingerprint density at radius 1 is 1.05 bits per heavy atom. The van der Waals surface area contributed by atoms with E-state index in [1.165, 1.54) is 6.92 Å². The van der Waals surface area contributed by atoms with Gasteiger partial charge in [0.1, 0.15) is 12.0 Å². The third-order valence-corrected chi connectivity index (χ3v) is 2.78. The zero-order chi connectivity index (χ0) is 16.6. The van der Waals surface area contributed by atoms with Crippen molar-refractivity contribution in [2.24, 2.45) is 17.6 Å². The number of hydrogen-bond donors (Lipinski definition) is 1. The third-order valence-electron chi connectivity index (χ3n) is 2.78. The van der Waals surface area contributed by atoms with Gasteiger partial charge in [-0.05, 0) is 13.8 Å². The first-order valence-corrected chi connectivity index (χ1v) is 6.98. The van der Waals surface area contributed by atoms with Crippen LogP contribution in [-0.4, -0.2) is 43.3 Å². The summed E-state index contributed by atoms with van der Waals surface area (Å²) in [6, 6.07) is 0. The number of carbonyl (C=O) groups is 3. The first-order valence-electron chi connectivity index (χ1n) is 6.98. The molecule has 0 amide bonds. The van der Waals surface area contributed by atoms with Gasteiger partial charge in [-0.25, -0.2) is 0 Å². The predicted octanol–water partition coefficient (Wildman–Crippen LogP) is 0.644. The Balaban J connectivity index is 5.19. The highest BCUT2D eigenvalue weighted by atomic mass is 16.6. The van der Waals surface area contributed by atoms with Crippen molar-refractivity contribution in [2.75, 3.05) is 13.2 Å². The van der Waals surface area contributed by atoms with Crippen molar-refractivity contribution in [1.82, 2.24) is 0 Å². The van der Waals surface area contributed by atoms with Gasteiger partial charge in [-0.1, -0.05) is 13.8 Å². The summed E-state index contributed by atoms with van der Waals surface area (Å²) in [6.45, 7) is 7.87. The van der Waals surface area contributed by atoms with Crippen molar-refractivity contribution in [3.8, 4) is 0 Å². The van der Waals surface area contributed by atoms with Crippen LogP contribution in [0.5, 0.6) is 0 Å². The number of hydrogen-bond acceptors (Lipinski definition) is 7. The molecular weight excluding hydrogens is 278 g/mol.